The molecule has 1 aromatic carbocycles. The minimum atomic E-state index is -0.209. The zero-order chi connectivity index (χ0) is 15.5. The average molecular weight is 299 g/mol. The van der Waals surface area contributed by atoms with E-state index >= 15 is 0 Å². The summed E-state index contributed by atoms with van der Waals surface area (Å²) in [5.74, 6) is 0.437. The molecule has 3 rings (SSSR count). The minimum absolute atomic E-state index is 0.151. The molecule has 0 fully saturated rings. The number of methoxy groups -OCH3 is 1. The van der Waals surface area contributed by atoms with Crippen molar-refractivity contribution >= 4 is 11.8 Å². The topological polar surface area (TPSA) is 55.4 Å². The Morgan fingerprint density at radius 1 is 1.27 bits per heavy atom. The number of nitrogens with one attached hydrogen (secondary N) is 1. The van der Waals surface area contributed by atoms with E-state index in [2.05, 4.69) is 22.2 Å². The van der Waals surface area contributed by atoms with E-state index in [0.717, 1.165) is 24.2 Å². The number of Topliss-reactive ketones (excluding diaryl/α,β-unsaturated/α-hetero) is 1. The molecule has 22 heavy (non-hydrogen) atoms. The van der Waals surface area contributed by atoms with Crippen molar-refractivity contribution in [1.82, 2.24) is 5.32 Å². The van der Waals surface area contributed by atoms with Crippen LogP contribution in [0.3, 0.4) is 0 Å². The van der Waals surface area contributed by atoms with Gasteiger partial charge in [-0.3, -0.25) is 9.59 Å². The fraction of sp³-hybridized carbons (Fsp3) is 0.444. The van der Waals surface area contributed by atoms with Gasteiger partial charge in [-0.1, -0.05) is 30.3 Å². The van der Waals surface area contributed by atoms with Crippen molar-refractivity contribution in [1.29, 1.82) is 0 Å². The Balaban J connectivity index is 1.72. The summed E-state index contributed by atoms with van der Waals surface area (Å²) in [5, 5.41) is 3.39. The number of esters is 1. The van der Waals surface area contributed by atoms with Gasteiger partial charge in [0.15, 0.2) is 5.78 Å². The van der Waals surface area contributed by atoms with Crippen LogP contribution in [0.15, 0.2) is 41.6 Å². The molecule has 0 amide bonds. The van der Waals surface area contributed by atoms with Gasteiger partial charge < -0.3 is 10.1 Å². The summed E-state index contributed by atoms with van der Waals surface area (Å²) in [6, 6.07) is 10.2. The molecule has 116 valence electrons. The summed E-state index contributed by atoms with van der Waals surface area (Å²) >= 11 is 0. The van der Waals surface area contributed by atoms with Gasteiger partial charge in [-0.2, -0.15) is 0 Å². The van der Waals surface area contributed by atoms with E-state index in [-0.39, 0.29) is 23.6 Å². The van der Waals surface area contributed by atoms with Gasteiger partial charge in [-0.25, -0.2) is 0 Å². The molecule has 4 nitrogen and oxygen atoms in total. The summed E-state index contributed by atoms with van der Waals surface area (Å²) in [6.45, 7) is 0.759. The molecule has 1 aliphatic carbocycles. The van der Waals surface area contributed by atoms with Crippen molar-refractivity contribution in [2.45, 2.75) is 31.6 Å². The van der Waals surface area contributed by atoms with Crippen LogP contribution in [0, 0.1) is 5.92 Å². The zero-order valence-corrected chi connectivity index (χ0v) is 12.8. The molecular formula is C18H21NO3. The van der Waals surface area contributed by atoms with Crippen LogP contribution >= 0.6 is 0 Å². The maximum absolute atomic E-state index is 12.6. The fourth-order valence-corrected chi connectivity index (χ4v) is 3.52. The van der Waals surface area contributed by atoms with E-state index in [1.165, 1.54) is 12.7 Å². The lowest BCUT2D eigenvalue weighted by Crippen LogP contribution is -2.21. The Bertz CT molecular complexity index is 606. The van der Waals surface area contributed by atoms with Crippen LogP contribution in [-0.2, 0) is 14.3 Å². The molecule has 0 bridgehead atoms. The highest BCUT2D eigenvalue weighted by Crippen LogP contribution is 2.39. The van der Waals surface area contributed by atoms with E-state index in [4.69, 9.17) is 0 Å². The molecule has 2 unspecified atom stereocenters. The first-order valence-electron chi connectivity index (χ1n) is 7.81. The Morgan fingerprint density at radius 3 is 2.77 bits per heavy atom. The van der Waals surface area contributed by atoms with Gasteiger partial charge in [0.05, 0.1) is 7.11 Å². The van der Waals surface area contributed by atoms with E-state index in [9.17, 15) is 9.59 Å². The van der Waals surface area contributed by atoms with E-state index < -0.39 is 0 Å². The third-order valence-electron chi connectivity index (χ3n) is 4.67. The van der Waals surface area contributed by atoms with Crippen molar-refractivity contribution in [3.05, 3.63) is 47.2 Å². The number of allylic oxidation sites excluding steroid dienone is 1. The quantitative estimate of drug-likeness (QED) is 0.868. The first kappa shape index (κ1) is 14.8. The second-order valence-corrected chi connectivity index (χ2v) is 6.02. The summed E-state index contributed by atoms with van der Waals surface area (Å²) in [4.78, 5) is 23.9. The predicted molar refractivity (Wildman–Crippen MR) is 83.2 cm³/mol. The highest BCUT2D eigenvalue weighted by Gasteiger charge is 2.36. The van der Waals surface area contributed by atoms with Gasteiger partial charge >= 0.3 is 5.97 Å². The molecule has 1 aromatic rings. The summed E-state index contributed by atoms with van der Waals surface area (Å²) in [7, 11) is 1.40. The standard InChI is InChI=1S/C18H21NO3/c1-22-17(21)8-7-13-11-19-15-9-14(10-16(20)18(13)15)12-5-3-2-4-6-12/h2-6,13-14,19H,7-11H2,1H3. The average Bonchev–Trinajstić information content (AvgIpc) is 2.97. The molecule has 1 heterocycles. The summed E-state index contributed by atoms with van der Waals surface area (Å²) < 4.78 is 4.69. The number of benzene rings is 1. The van der Waals surface area contributed by atoms with Crippen molar-refractivity contribution in [2.24, 2.45) is 5.92 Å². The van der Waals surface area contributed by atoms with Crippen LogP contribution in [0.25, 0.3) is 0 Å². The highest BCUT2D eigenvalue weighted by molar-refractivity contribution is 5.98. The van der Waals surface area contributed by atoms with Gasteiger partial charge in [-0.15, -0.1) is 0 Å². The van der Waals surface area contributed by atoms with Crippen LogP contribution in [-0.4, -0.2) is 25.4 Å². The van der Waals surface area contributed by atoms with Crippen molar-refractivity contribution in [3.8, 4) is 0 Å². The first-order valence-corrected chi connectivity index (χ1v) is 7.81. The molecule has 2 atom stereocenters. The SMILES string of the molecule is COC(=O)CCC1CNC2=C1C(=O)CC(c1ccccc1)C2. The Morgan fingerprint density at radius 2 is 2.05 bits per heavy atom. The number of hydrogen-bond acceptors (Lipinski definition) is 4. The first-order chi connectivity index (χ1) is 10.7. The fourth-order valence-electron chi connectivity index (χ4n) is 3.52. The number of carbonyl (C=O) groups is 2. The van der Waals surface area contributed by atoms with E-state index in [1.807, 2.05) is 18.2 Å². The van der Waals surface area contributed by atoms with Crippen molar-refractivity contribution < 1.29 is 14.3 Å². The summed E-state index contributed by atoms with van der Waals surface area (Å²) in [5.41, 5.74) is 3.23. The maximum Gasteiger partial charge on any atom is 0.305 e. The van der Waals surface area contributed by atoms with Gasteiger partial charge in [-0.05, 0) is 24.3 Å². The minimum Gasteiger partial charge on any atom is -0.469 e. The third kappa shape index (κ3) is 2.91. The summed E-state index contributed by atoms with van der Waals surface area (Å²) in [6.07, 6.45) is 2.51. The lowest BCUT2D eigenvalue weighted by molar-refractivity contribution is -0.141. The van der Waals surface area contributed by atoms with E-state index in [1.54, 1.807) is 0 Å². The van der Waals surface area contributed by atoms with Gasteiger partial charge in [0.2, 0.25) is 0 Å². The number of ether oxygens (including phenoxy) is 1. The van der Waals surface area contributed by atoms with Crippen LogP contribution in [0.2, 0.25) is 0 Å². The second-order valence-electron chi connectivity index (χ2n) is 6.02. The molecule has 0 radical (unpaired) electrons. The van der Waals surface area contributed by atoms with Crippen LogP contribution in [0.1, 0.15) is 37.2 Å². The number of hydrogen-bond donors (Lipinski definition) is 1. The normalized spacial score (nSPS) is 24.0. The third-order valence-corrected chi connectivity index (χ3v) is 4.67. The van der Waals surface area contributed by atoms with Crippen LogP contribution in [0.5, 0.6) is 0 Å². The molecular weight excluding hydrogens is 278 g/mol. The maximum atomic E-state index is 12.6. The largest absolute Gasteiger partial charge is 0.469 e. The molecule has 0 saturated carbocycles. The smallest absolute Gasteiger partial charge is 0.305 e. The van der Waals surface area contributed by atoms with Crippen molar-refractivity contribution in [3.63, 3.8) is 0 Å². The van der Waals surface area contributed by atoms with Gasteiger partial charge in [0.25, 0.3) is 0 Å². The number of ketones is 1. The van der Waals surface area contributed by atoms with Gasteiger partial charge in [0, 0.05) is 36.6 Å². The Labute approximate surface area is 130 Å². The van der Waals surface area contributed by atoms with Gasteiger partial charge in [0.1, 0.15) is 0 Å². The molecule has 0 aromatic heterocycles. The molecule has 1 N–H and O–H groups in total. The molecule has 0 spiro atoms. The highest BCUT2D eigenvalue weighted by atomic mass is 16.5. The van der Waals surface area contributed by atoms with Crippen LogP contribution in [0.4, 0.5) is 0 Å². The number of rotatable bonds is 4. The lowest BCUT2D eigenvalue weighted by atomic mass is 9.79. The van der Waals surface area contributed by atoms with E-state index in [0.29, 0.717) is 19.3 Å². The lowest BCUT2D eigenvalue weighted by Gasteiger charge is -2.24. The molecule has 4 heteroatoms. The molecule has 2 aliphatic rings. The van der Waals surface area contributed by atoms with Crippen molar-refractivity contribution in [2.75, 3.05) is 13.7 Å². The molecule has 0 saturated heterocycles. The Hall–Kier alpha value is -2.10. The van der Waals surface area contributed by atoms with Crippen LogP contribution < -0.4 is 5.32 Å². The molecule has 1 aliphatic heterocycles. The predicted octanol–water partition coefficient (Wildman–Crippen LogP) is 2.56. The number of carbonyl (C=O) groups excluding carboxylic acids is 2. The Kier molecular flexibility index (Phi) is 4.27. The monoisotopic (exact) mass is 299 g/mol. The second kappa shape index (κ2) is 6.34. The zero-order valence-electron chi connectivity index (χ0n) is 12.8.